The Morgan fingerprint density at radius 1 is 1.30 bits per heavy atom. The molecule has 0 radical (unpaired) electrons. The number of nitrogens with zero attached hydrogens (tertiary/aromatic N) is 3. The van der Waals surface area contributed by atoms with Crippen molar-refractivity contribution in [3.63, 3.8) is 0 Å². The Bertz CT molecular complexity index is 592. The average molecular weight is 337 g/mol. The Morgan fingerprint density at radius 3 is 2.65 bits per heavy atom. The van der Waals surface area contributed by atoms with Gasteiger partial charge in [0.25, 0.3) is 0 Å². The number of hydrogen-bond donors (Lipinski definition) is 1. The molecule has 0 saturated carbocycles. The molecule has 0 bridgehead atoms. The van der Waals surface area contributed by atoms with Crippen LogP contribution in [0.15, 0.2) is 22.8 Å². The molecule has 0 spiro atoms. The zero-order chi connectivity index (χ0) is 14.7. The van der Waals surface area contributed by atoms with E-state index in [1.54, 1.807) is 0 Å². The van der Waals surface area contributed by atoms with Gasteiger partial charge in [-0.1, -0.05) is 13.0 Å². The average Bonchev–Trinajstić information content (AvgIpc) is 2.78. The van der Waals surface area contributed by atoms with Crippen molar-refractivity contribution < 1.29 is 0 Å². The largest absolute Gasteiger partial charge is 0.305 e. The van der Waals surface area contributed by atoms with Crippen molar-refractivity contribution in [3.8, 4) is 0 Å². The smallest absolute Gasteiger partial charge is 0.0777 e. The first-order valence-corrected chi connectivity index (χ1v) is 7.76. The molecule has 108 valence electrons. The fraction of sp³-hybridized carbons (Fsp3) is 0.467. The molecule has 2 aromatic rings. The summed E-state index contributed by atoms with van der Waals surface area (Å²) in [6.45, 7) is 10.0. The highest BCUT2D eigenvalue weighted by Gasteiger charge is 2.22. The Kier molecular flexibility index (Phi) is 4.94. The summed E-state index contributed by atoms with van der Waals surface area (Å²) in [4.78, 5) is 4.59. The Balaban J connectivity index is 2.53. The van der Waals surface area contributed by atoms with E-state index in [4.69, 9.17) is 0 Å². The van der Waals surface area contributed by atoms with Gasteiger partial charge in [-0.15, -0.1) is 0 Å². The molecule has 0 aliphatic carbocycles. The molecule has 2 heterocycles. The first-order valence-electron chi connectivity index (χ1n) is 6.97. The lowest BCUT2D eigenvalue weighted by Crippen LogP contribution is -2.26. The van der Waals surface area contributed by atoms with Crippen LogP contribution < -0.4 is 5.32 Å². The number of pyridine rings is 1. The number of aryl methyl sites for hydroxylation is 3. The lowest BCUT2D eigenvalue weighted by molar-refractivity contribution is 0.538. The molecule has 1 atom stereocenters. The lowest BCUT2D eigenvalue weighted by atomic mass is 10.0. The van der Waals surface area contributed by atoms with E-state index >= 15 is 0 Å². The monoisotopic (exact) mass is 336 g/mol. The van der Waals surface area contributed by atoms with Crippen LogP contribution in [0, 0.1) is 13.8 Å². The Morgan fingerprint density at radius 2 is 2.05 bits per heavy atom. The van der Waals surface area contributed by atoms with Crippen LogP contribution in [0.25, 0.3) is 0 Å². The van der Waals surface area contributed by atoms with Crippen LogP contribution in [0.3, 0.4) is 0 Å². The predicted octanol–water partition coefficient (Wildman–Crippen LogP) is 3.38. The van der Waals surface area contributed by atoms with Gasteiger partial charge in [-0.2, -0.15) is 5.10 Å². The van der Waals surface area contributed by atoms with Crippen LogP contribution in [0.4, 0.5) is 0 Å². The zero-order valence-electron chi connectivity index (χ0n) is 12.4. The van der Waals surface area contributed by atoms with Gasteiger partial charge >= 0.3 is 0 Å². The van der Waals surface area contributed by atoms with E-state index in [1.807, 2.05) is 17.8 Å². The second kappa shape index (κ2) is 6.50. The summed E-state index contributed by atoms with van der Waals surface area (Å²) in [5.74, 6) is 0. The molecular weight excluding hydrogens is 316 g/mol. The predicted molar refractivity (Wildman–Crippen MR) is 84.8 cm³/mol. The van der Waals surface area contributed by atoms with Crippen molar-refractivity contribution in [2.75, 3.05) is 6.54 Å². The zero-order valence-corrected chi connectivity index (χ0v) is 14.0. The number of halogens is 1. The van der Waals surface area contributed by atoms with E-state index < -0.39 is 0 Å². The van der Waals surface area contributed by atoms with Gasteiger partial charge in [0.2, 0.25) is 0 Å². The molecule has 1 unspecified atom stereocenters. The number of rotatable bonds is 5. The van der Waals surface area contributed by atoms with Gasteiger partial charge in [-0.3, -0.25) is 9.67 Å². The van der Waals surface area contributed by atoms with Gasteiger partial charge in [0.15, 0.2) is 0 Å². The van der Waals surface area contributed by atoms with Gasteiger partial charge < -0.3 is 5.32 Å². The fourth-order valence-corrected chi connectivity index (χ4v) is 3.00. The summed E-state index contributed by atoms with van der Waals surface area (Å²) < 4.78 is 3.06. The Labute approximate surface area is 128 Å². The van der Waals surface area contributed by atoms with Gasteiger partial charge in [-0.25, -0.2) is 0 Å². The van der Waals surface area contributed by atoms with Crippen molar-refractivity contribution >= 4 is 15.9 Å². The van der Waals surface area contributed by atoms with E-state index in [2.05, 4.69) is 64.2 Å². The molecule has 0 aromatic carbocycles. The maximum Gasteiger partial charge on any atom is 0.0777 e. The molecule has 2 rings (SSSR count). The third-order valence-electron chi connectivity index (χ3n) is 3.39. The molecule has 2 aromatic heterocycles. The normalized spacial score (nSPS) is 12.7. The van der Waals surface area contributed by atoms with Crippen LogP contribution in [-0.2, 0) is 6.54 Å². The molecule has 0 saturated heterocycles. The minimum Gasteiger partial charge on any atom is -0.305 e. The first kappa shape index (κ1) is 15.2. The maximum absolute atomic E-state index is 4.59. The second-order valence-electron chi connectivity index (χ2n) is 4.81. The molecular formula is C15H21BrN4. The number of aromatic nitrogens is 3. The maximum atomic E-state index is 4.59. The van der Waals surface area contributed by atoms with Crippen LogP contribution in [0.1, 0.15) is 42.5 Å². The summed E-state index contributed by atoms with van der Waals surface area (Å²) >= 11 is 3.62. The highest BCUT2D eigenvalue weighted by atomic mass is 79.9. The van der Waals surface area contributed by atoms with Crippen LogP contribution in [-0.4, -0.2) is 21.3 Å². The van der Waals surface area contributed by atoms with Crippen molar-refractivity contribution in [1.82, 2.24) is 20.1 Å². The first-order chi connectivity index (χ1) is 9.58. The van der Waals surface area contributed by atoms with Crippen molar-refractivity contribution in [2.45, 2.75) is 40.3 Å². The van der Waals surface area contributed by atoms with Crippen LogP contribution in [0.5, 0.6) is 0 Å². The standard InChI is InChI=1S/C15H21BrN4/c1-5-17-14(12-8-7-10(3)19-11(12)4)15-13(16)9-18-20(15)6-2/h7-9,14,17H,5-6H2,1-4H3. The minimum absolute atomic E-state index is 0.102. The van der Waals surface area contributed by atoms with Gasteiger partial charge in [0, 0.05) is 17.9 Å². The quantitative estimate of drug-likeness (QED) is 0.910. The molecule has 20 heavy (non-hydrogen) atoms. The third-order valence-corrected chi connectivity index (χ3v) is 4.00. The van der Waals surface area contributed by atoms with Crippen LogP contribution >= 0.6 is 15.9 Å². The van der Waals surface area contributed by atoms with E-state index in [-0.39, 0.29) is 6.04 Å². The summed E-state index contributed by atoms with van der Waals surface area (Å²) in [7, 11) is 0. The van der Waals surface area contributed by atoms with Crippen molar-refractivity contribution in [3.05, 3.63) is 45.4 Å². The highest BCUT2D eigenvalue weighted by Crippen LogP contribution is 2.30. The Hall–Kier alpha value is -1.20. The molecule has 5 heteroatoms. The summed E-state index contributed by atoms with van der Waals surface area (Å²) in [5.41, 5.74) is 4.47. The molecule has 0 fully saturated rings. The SMILES string of the molecule is CCNC(c1ccc(C)nc1C)c1c(Br)cnn1CC. The molecule has 0 aliphatic rings. The molecule has 4 nitrogen and oxygen atoms in total. The van der Waals surface area contributed by atoms with Gasteiger partial charge in [-0.05, 0) is 54.9 Å². The van der Waals surface area contributed by atoms with E-state index in [1.165, 1.54) is 5.56 Å². The summed E-state index contributed by atoms with van der Waals surface area (Å²) in [6.07, 6.45) is 1.86. The van der Waals surface area contributed by atoms with Crippen LogP contribution in [0.2, 0.25) is 0 Å². The third kappa shape index (κ3) is 2.94. The minimum atomic E-state index is 0.102. The number of nitrogens with one attached hydrogen (secondary N) is 1. The van der Waals surface area contributed by atoms with Crippen molar-refractivity contribution in [1.29, 1.82) is 0 Å². The molecule has 0 aliphatic heterocycles. The molecule has 1 N–H and O–H groups in total. The summed E-state index contributed by atoms with van der Waals surface area (Å²) in [5, 5.41) is 7.97. The summed E-state index contributed by atoms with van der Waals surface area (Å²) in [6, 6.07) is 4.32. The van der Waals surface area contributed by atoms with E-state index in [0.717, 1.165) is 34.6 Å². The van der Waals surface area contributed by atoms with Gasteiger partial charge in [0.1, 0.15) is 0 Å². The number of hydrogen-bond acceptors (Lipinski definition) is 3. The van der Waals surface area contributed by atoms with E-state index in [9.17, 15) is 0 Å². The van der Waals surface area contributed by atoms with E-state index in [0.29, 0.717) is 0 Å². The topological polar surface area (TPSA) is 42.7 Å². The fourth-order valence-electron chi connectivity index (χ4n) is 2.47. The molecule has 0 amide bonds. The van der Waals surface area contributed by atoms with Gasteiger partial charge in [0.05, 0.1) is 22.4 Å². The van der Waals surface area contributed by atoms with Crippen molar-refractivity contribution in [2.24, 2.45) is 0 Å². The lowest BCUT2D eigenvalue weighted by Gasteiger charge is -2.22. The highest BCUT2D eigenvalue weighted by molar-refractivity contribution is 9.10. The second-order valence-corrected chi connectivity index (χ2v) is 5.67.